The molecule has 3 aromatic rings. The first-order valence-electron chi connectivity index (χ1n) is 10.5. The molecule has 2 aromatic carbocycles. The molecule has 0 atom stereocenters. The molecule has 1 N–H and O–H groups in total. The van der Waals surface area contributed by atoms with Gasteiger partial charge in [0.25, 0.3) is 0 Å². The molecule has 156 valence electrons. The van der Waals surface area contributed by atoms with Crippen molar-refractivity contribution in [1.29, 1.82) is 0 Å². The summed E-state index contributed by atoms with van der Waals surface area (Å²) in [5.41, 5.74) is 5.63. The second-order valence-corrected chi connectivity index (χ2v) is 7.79. The van der Waals surface area contributed by atoms with Crippen LogP contribution in [0.4, 0.5) is 5.69 Å². The Balaban J connectivity index is 1.32. The number of rotatable bonds is 6. The topological polar surface area (TPSA) is 53.4 Å². The third-order valence-corrected chi connectivity index (χ3v) is 5.64. The van der Waals surface area contributed by atoms with Crippen LogP contribution in [0.3, 0.4) is 0 Å². The Hall–Kier alpha value is -3.12. The summed E-state index contributed by atoms with van der Waals surface area (Å²) in [6.07, 6.45) is 0. The lowest BCUT2D eigenvalue weighted by molar-refractivity contribution is -0.122. The van der Waals surface area contributed by atoms with E-state index in [9.17, 15) is 4.79 Å². The van der Waals surface area contributed by atoms with Crippen LogP contribution in [0.5, 0.6) is 0 Å². The average molecular weight is 404 g/mol. The van der Waals surface area contributed by atoms with E-state index in [1.807, 2.05) is 53.2 Å². The van der Waals surface area contributed by atoms with Gasteiger partial charge in [-0.15, -0.1) is 0 Å². The number of hydrogen-bond donors (Lipinski definition) is 1. The van der Waals surface area contributed by atoms with Gasteiger partial charge in [0.1, 0.15) is 0 Å². The fourth-order valence-electron chi connectivity index (χ4n) is 4.10. The standard InChI is InChI=1S/C24H29N5O/c1-19-24(20(2)29(26-19)22-11-7-4-8-12-22)28-15-13-27(14-16-28)18-23(30)25-17-21-9-5-3-6-10-21/h3-12H,13-18H2,1-2H3,(H,25,30). The molecule has 0 radical (unpaired) electrons. The summed E-state index contributed by atoms with van der Waals surface area (Å²) in [6.45, 7) is 8.76. The maximum Gasteiger partial charge on any atom is 0.234 e. The van der Waals surface area contributed by atoms with Gasteiger partial charge in [0.2, 0.25) is 5.91 Å². The number of nitrogens with one attached hydrogen (secondary N) is 1. The Morgan fingerprint density at radius 2 is 1.57 bits per heavy atom. The highest BCUT2D eigenvalue weighted by atomic mass is 16.2. The summed E-state index contributed by atoms with van der Waals surface area (Å²) in [7, 11) is 0. The Kier molecular flexibility index (Phi) is 6.14. The second kappa shape index (κ2) is 9.13. The Morgan fingerprint density at radius 3 is 2.23 bits per heavy atom. The van der Waals surface area contributed by atoms with Crippen LogP contribution in [0.15, 0.2) is 60.7 Å². The third kappa shape index (κ3) is 4.54. The van der Waals surface area contributed by atoms with Crippen molar-refractivity contribution in [1.82, 2.24) is 20.0 Å². The van der Waals surface area contributed by atoms with Crippen LogP contribution in [-0.2, 0) is 11.3 Å². The van der Waals surface area contributed by atoms with E-state index in [-0.39, 0.29) is 5.91 Å². The highest BCUT2D eigenvalue weighted by Crippen LogP contribution is 2.27. The zero-order chi connectivity index (χ0) is 20.9. The van der Waals surface area contributed by atoms with Crippen LogP contribution >= 0.6 is 0 Å². The first-order valence-corrected chi connectivity index (χ1v) is 10.5. The summed E-state index contributed by atoms with van der Waals surface area (Å²) < 4.78 is 2.02. The van der Waals surface area contributed by atoms with Crippen LogP contribution in [0.25, 0.3) is 5.69 Å². The number of hydrogen-bond acceptors (Lipinski definition) is 4. The number of aryl methyl sites for hydroxylation is 1. The van der Waals surface area contributed by atoms with Gasteiger partial charge in [-0.2, -0.15) is 5.10 Å². The van der Waals surface area contributed by atoms with Crippen LogP contribution < -0.4 is 10.2 Å². The smallest absolute Gasteiger partial charge is 0.234 e. The Bertz CT molecular complexity index is 976. The first-order chi connectivity index (χ1) is 14.6. The number of benzene rings is 2. The van der Waals surface area contributed by atoms with Gasteiger partial charge >= 0.3 is 0 Å². The molecule has 0 spiro atoms. The highest BCUT2D eigenvalue weighted by molar-refractivity contribution is 5.78. The second-order valence-electron chi connectivity index (χ2n) is 7.79. The molecule has 1 aliphatic rings. The van der Waals surface area contributed by atoms with E-state index in [1.54, 1.807) is 0 Å². The molecule has 1 aromatic heterocycles. The van der Waals surface area contributed by atoms with Gasteiger partial charge in [-0.05, 0) is 31.5 Å². The van der Waals surface area contributed by atoms with Gasteiger partial charge in [0, 0.05) is 32.7 Å². The van der Waals surface area contributed by atoms with E-state index >= 15 is 0 Å². The zero-order valence-corrected chi connectivity index (χ0v) is 17.7. The zero-order valence-electron chi connectivity index (χ0n) is 17.7. The number of piperazine rings is 1. The van der Waals surface area contributed by atoms with Gasteiger partial charge in [0.15, 0.2) is 0 Å². The molecule has 0 saturated carbocycles. The summed E-state index contributed by atoms with van der Waals surface area (Å²) >= 11 is 0. The lowest BCUT2D eigenvalue weighted by Crippen LogP contribution is -2.49. The van der Waals surface area contributed by atoms with Crippen molar-refractivity contribution in [3.05, 3.63) is 77.6 Å². The van der Waals surface area contributed by atoms with Gasteiger partial charge in [-0.25, -0.2) is 4.68 Å². The minimum atomic E-state index is 0.0801. The summed E-state index contributed by atoms with van der Waals surface area (Å²) in [6, 6.07) is 20.3. The maximum absolute atomic E-state index is 12.3. The molecule has 6 nitrogen and oxygen atoms in total. The molecule has 0 aliphatic carbocycles. The van der Waals surface area contributed by atoms with Crippen molar-refractivity contribution >= 4 is 11.6 Å². The largest absolute Gasteiger partial charge is 0.366 e. The maximum atomic E-state index is 12.3. The molecule has 1 saturated heterocycles. The minimum Gasteiger partial charge on any atom is -0.366 e. The van der Waals surface area contributed by atoms with Crippen molar-refractivity contribution in [3.8, 4) is 5.69 Å². The van der Waals surface area contributed by atoms with Crippen molar-refractivity contribution in [3.63, 3.8) is 0 Å². The monoisotopic (exact) mass is 403 g/mol. The number of amides is 1. The lowest BCUT2D eigenvalue weighted by Gasteiger charge is -2.35. The molecule has 1 fully saturated rings. The number of nitrogens with zero attached hydrogens (tertiary/aromatic N) is 4. The van der Waals surface area contributed by atoms with E-state index in [0.29, 0.717) is 13.1 Å². The van der Waals surface area contributed by atoms with E-state index in [4.69, 9.17) is 5.10 Å². The highest BCUT2D eigenvalue weighted by Gasteiger charge is 2.24. The molecule has 2 heterocycles. The van der Waals surface area contributed by atoms with Gasteiger partial charge in [0.05, 0.1) is 29.3 Å². The summed E-state index contributed by atoms with van der Waals surface area (Å²) in [4.78, 5) is 16.9. The molecular weight excluding hydrogens is 374 g/mol. The lowest BCUT2D eigenvalue weighted by atomic mass is 10.2. The number of carbonyl (C=O) groups is 1. The molecule has 4 rings (SSSR count). The minimum absolute atomic E-state index is 0.0801. The Labute approximate surface area is 178 Å². The molecule has 6 heteroatoms. The van der Waals surface area contributed by atoms with E-state index in [2.05, 4.69) is 41.1 Å². The van der Waals surface area contributed by atoms with Gasteiger partial charge < -0.3 is 10.2 Å². The number of carbonyl (C=O) groups excluding carboxylic acids is 1. The number of aromatic nitrogens is 2. The fourth-order valence-corrected chi connectivity index (χ4v) is 4.10. The number of anilines is 1. The van der Waals surface area contributed by atoms with Crippen LogP contribution in [0.1, 0.15) is 17.0 Å². The summed E-state index contributed by atoms with van der Waals surface area (Å²) in [5, 5.41) is 7.79. The predicted octanol–water partition coefficient (Wildman–Crippen LogP) is 2.93. The fraction of sp³-hybridized carbons (Fsp3) is 0.333. The molecular formula is C24H29N5O. The molecule has 1 aliphatic heterocycles. The van der Waals surface area contributed by atoms with Crippen molar-refractivity contribution in [2.24, 2.45) is 0 Å². The van der Waals surface area contributed by atoms with Crippen molar-refractivity contribution in [2.75, 3.05) is 37.6 Å². The van der Waals surface area contributed by atoms with Crippen molar-refractivity contribution in [2.45, 2.75) is 20.4 Å². The quantitative estimate of drug-likeness (QED) is 0.688. The third-order valence-electron chi connectivity index (χ3n) is 5.64. The summed E-state index contributed by atoms with van der Waals surface area (Å²) in [5.74, 6) is 0.0801. The average Bonchev–Trinajstić information content (AvgIpc) is 3.08. The van der Waals surface area contributed by atoms with Gasteiger partial charge in [-0.1, -0.05) is 48.5 Å². The molecule has 0 bridgehead atoms. The van der Waals surface area contributed by atoms with Crippen molar-refractivity contribution < 1.29 is 4.79 Å². The molecule has 1 amide bonds. The normalized spacial score (nSPS) is 14.7. The van der Waals surface area contributed by atoms with E-state index < -0.39 is 0 Å². The number of para-hydroxylation sites is 1. The first kappa shape index (κ1) is 20.2. The van der Waals surface area contributed by atoms with E-state index in [1.165, 1.54) is 5.69 Å². The van der Waals surface area contributed by atoms with Crippen LogP contribution in [0, 0.1) is 13.8 Å². The van der Waals surface area contributed by atoms with Crippen LogP contribution in [0.2, 0.25) is 0 Å². The Morgan fingerprint density at radius 1 is 0.933 bits per heavy atom. The van der Waals surface area contributed by atoms with Crippen LogP contribution in [-0.4, -0.2) is 53.3 Å². The van der Waals surface area contributed by atoms with E-state index in [0.717, 1.165) is 48.8 Å². The predicted molar refractivity (Wildman–Crippen MR) is 120 cm³/mol. The SMILES string of the molecule is Cc1nn(-c2ccccc2)c(C)c1N1CCN(CC(=O)NCc2ccccc2)CC1. The molecule has 0 unspecified atom stereocenters. The molecule has 30 heavy (non-hydrogen) atoms. The van der Waals surface area contributed by atoms with Gasteiger partial charge in [-0.3, -0.25) is 9.69 Å².